The highest BCUT2D eigenvalue weighted by molar-refractivity contribution is 7.92. The van der Waals surface area contributed by atoms with Gasteiger partial charge in [0.25, 0.3) is 0 Å². The molecule has 1 atom stereocenters. The Morgan fingerprint density at radius 1 is 1.07 bits per heavy atom. The minimum Gasteiger partial charge on any atom is -0.492 e. The highest BCUT2D eigenvalue weighted by atomic mass is 35.5. The van der Waals surface area contributed by atoms with E-state index in [0.29, 0.717) is 34.5 Å². The molecule has 1 N–H and O–H groups in total. The molecule has 1 aliphatic carbocycles. The minimum atomic E-state index is -3.65. The van der Waals surface area contributed by atoms with Gasteiger partial charge in [0.15, 0.2) is 0 Å². The second-order valence-corrected chi connectivity index (χ2v) is 12.7. The number of halogens is 2. The van der Waals surface area contributed by atoms with Crippen molar-refractivity contribution in [2.24, 2.45) is 0 Å². The molecular weight excluding hydrogens is 573 g/mol. The Kier molecular flexibility index (Phi) is 12.0. The predicted molar refractivity (Wildman–Crippen MR) is 161 cm³/mol. The molecule has 2 aromatic rings. The number of para-hydroxylation sites is 2. The van der Waals surface area contributed by atoms with E-state index in [-0.39, 0.29) is 43.8 Å². The van der Waals surface area contributed by atoms with E-state index in [9.17, 15) is 18.0 Å². The molecule has 0 unspecified atom stereocenters. The molecule has 0 aromatic heterocycles. The standard InChI is InChI=1S/C29H39Cl2N3O5S/c1-4-25(29(36)32-22-11-6-7-12-22)33(20-21-16-17-23(30)24(31)19-21)28(35)15-10-18-34(40(3,37)38)26-13-8-9-14-27(26)39-5-2/h8-9,13-14,16-17,19,22,25H,4-7,10-12,15,18,20H2,1-3H3,(H,32,36)/t25-/m0/s1. The summed E-state index contributed by atoms with van der Waals surface area (Å²) in [5, 5.41) is 3.90. The lowest BCUT2D eigenvalue weighted by Crippen LogP contribution is -2.51. The number of carbonyl (C=O) groups is 2. The fraction of sp³-hybridized carbons (Fsp3) is 0.517. The predicted octanol–water partition coefficient (Wildman–Crippen LogP) is 5.80. The zero-order valence-corrected chi connectivity index (χ0v) is 25.7. The number of ether oxygens (including phenoxy) is 1. The van der Waals surface area contributed by atoms with E-state index in [2.05, 4.69) is 5.32 Å². The van der Waals surface area contributed by atoms with Crippen LogP contribution in [0.1, 0.15) is 64.4 Å². The van der Waals surface area contributed by atoms with E-state index in [1.807, 2.05) is 13.8 Å². The number of sulfonamides is 1. The highest BCUT2D eigenvalue weighted by Crippen LogP contribution is 2.30. The number of nitrogens with zero attached hydrogens (tertiary/aromatic N) is 2. The van der Waals surface area contributed by atoms with Gasteiger partial charge in [0.05, 0.1) is 28.6 Å². The zero-order chi connectivity index (χ0) is 29.3. The summed E-state index contributed by atoms with van der Waals surface area (Å²) in [7, 11) is -3.65. The molecule has 0 bridgehead atoms. The van der Waals surface area contributed by atoms with Crippen LogP contribution in [0.4, 0.5) is 5.69 Å². The van der Waals surface area contributed by atoms with Gasteiger partial charge in [-0.15, -0.1) is 0 Å². The first kappa shape index (κ1) is 32.0. The highest BCUT2D eigenvalue weighted by Gasteiger charge is 2.31. The van der Waals surface area contributed by atoms with Crippen LogP contribution in [0.25, 0.3) is 0 Å². The lowest BCUT2D eigenvalue weighted by molar-refractivity contribution is -0.141. The molecule has 1 saturated carbocycles. The Hall–Kier alpha value is -2.49. The SMILES string of the molecule is CCOc1ccccc1N(CCCC(=O)N(Cc1ccc(Cl)c(Cl)c1)[C@@H](CC)C(=O)NC1CCCC1)S(C)(=O)=O. The van der Waals surface area contributed by atoms with Crippen molar-refractivity contribution < 1.29 is 22.7 Å². The molecule has 2 aromatic carbocycles. The van der Waals surface area contributed by atoms with Gasteiger partial charge >= 0.3 is 0 Å². The maximum Gasteiger partial charge on any atom is 0.243 e. The molecule has 220 valence electrons. The van der Waals surface area contributed by atoms with E-state index in [4.69, 9.17) is 27.9 Å². The smallest absolute Gasteiger partial charge is 0.243 e. The Bertz CT molecular complexity index is 1270. The van der Waals surface area contributed by atoms with Crippen LogP contribution in [-0.4, -0.2) is 56.6 Å². The average molecular weight is 613 g/mol. The normalized spacial score (nSPS) is 14.5. The van der Waals surface area contributed by atoms with Crippen molar-refractivity contribution in [3.63, 3.8) is 0 Å². The number of rotatable bonds is 14. The van der Waals surface area contributed by atoms with Crippen molar-refractivity contribution in [2.45, 2.75) is 77.4 Å². The summed E-state index contributed by atoms with van der Waals surface area (Å²) >= 11 is 12.3. The number of carbonyl (C=O) groups excluding carboxylic acids is 2. The summed E-state index contributed by atoms with van der Waals surface area (Å²) in [5.41, 5.74) is 1.17. The molecule has 0 spiro atoms. The third-order valence-corrected chi connectivity index (χ3v) is 8.93. The van der Waals surface area contributed by atoms with Gasteiger partial charge in [0, 0.05) is 25.6 Å². The molecule has 0 saturated heterocycles. The first-order valence-corrected chi connectivity index (χ1v) is 16.4. The molecular formula is C29H39Cl2N3O5S. The van der Waals surface area contributed by atoms with Crippen molar-refractivity contribution in [2.75, 3.05) is 23.7 Å². The van der Waals surface area contributed by atoms with Crippen LogP contribution >= 0.6 is 23.2 Å². The van der Waals surface area contributed by atoms with Crippen LogP contribution in [0.15, 0.2) is 42.5 Å². The summed E-state index contributed by atoms with van der Waals surface area (Å²) < 4.78 is 32.3. The fourth-order valence-electron chi connectivity index (χ4n) is 5.04. The fourth-order valence-corrected chi connectivity index (χ4v) is 6.33. The summed E-state index contributed by atoms with van der Waals surface area (Å²) in [6.07, 6.45) is 5.91. The lowest BCUT2D eigenvalue weighted by atomic mass is 10.1. The van der Waals surface area contributed by atoms with E-state index < -0.39 is 16.1 Å². The van der Waals surface area contributed by atoms with Crippen LogP contribution in [0.5, 0.6) is 5.75 Å². The van der Waals surface area contributed by atoms with Crippen molar-refractivity contribution in [1.82, 2.24) is 10.2 Å². The Balaban J connectivity index is 1.80. The van der Waals surface area contributed by atoms with Crippen LogP contribution in [0.3, 0.4) is 0 Å². The van der Waals surface area contributed by atoms with Crippen LogP contribution in [0.2, 0.25) is 10.0 Å². The van der Waals surface area contributed by atoms with Crippen molar-refractivity contribution in [3.05, 3.63) is 58.1 Å². The molecule has 0 aliphatic heterocycles. The molecule has 11 heteroatoms. The zero-order valence-electron chi connectivity index (χ0n) is 23.4. The number of amides is 2. The van der Waals surface area contributed by atoms with Crippen LogP contribution in [-0.2, 0) is 26.2 Å². The summed E-state index contributed by atoms with van der Waals surface area (Å²) in [4.78, 5) is 28.6. The maximum atomic E-state index is 13.7. The average Bonchev–Trinajstić information content (AvgIpc) is 3.41. The molecule has 0 heterocycles. The number of benzene rings is 2. The molecule has 1 aliphatic rings. The second-order valence-electron chi connectivity index (χ2n) is 10.0. The van der Waals surface area contributed by atoms with Gasteiger partial charge in [-0.3, -0.25) is 13.9 Å². The number of anilines is 1. The Labute approximate surface area is 248 Å². The van der Waals surface area contributed by atoms with Gasteiger partial charge in [0.1, 0.15) is 11.8 Å². The molecule has 0 radical (unpaired) electrons. The number of nitrogens with one attached hydrogen (secondary N) is 1. The lowest BCUT2D eigenvalue weighted by Gasteiger charge is -2.32. The van der Waals surface area contributed by atoms with E-state index in [0.717, 1.165) is 37.5 Å². The Morgan fingerprint density at radius 3 is 2.40 bits per heavy atom. The molecule has 2 amide bonds. The van der Waals surface area contributed by atoms with E-state index in [1.54, 1.807) is 47.4 Å². The summed E-state index contributed by atoms with van der Waals surface area (Å²) in [5.74, 6) is 0.0369. The van der Waals surface area contributed by atoms with Gasteiger partial charge in [-0.05, 0) is 62.4 Å². The molecule has 3 rings (SSSR count). The first-order chi connectivity index (χ1) is 19.0. The largest absolute Gasteiger partial charge is 0.492 e. The third-order valence-electron chi connectivity index (χ3n) is 7.01. The maximum absolute atomic E-state index is 13.7. The van der Waals surface area contributed by atoms with Gasteiger partial charge in [0.2, 0.25) is 21.8 Å². The van der Waals surface area contributed by atoms with Crippen LogP contribution < -0.4 is 14.4 Å². The quantitative estimate of drug-likeness (QED) is 0.291. The topological polar surface area (TPSA) is 96.0 Å². The van der Waals surface area contributed by atoms with Gasteiger partial charge < -0.3 is 15.0 Å². The summed E-state index contributed by atoms with van der Waals surface area (Å²) in [6, 6.07) is 11.5. The minimum absolute atomic E-state index is 0.0529. The molecule has 1 fully saturated rings. The van der Waals surface area contributed by atoms with E-state index in [1.165, 1.54) is 4.31 Å². The van der Waals surface area contributed by atoms with Gasteiger partial charge in [-0.25, -0.2) is 8.42 Å². The van der Waals surface area contributed by atoms with Crippen molar-refractivity contribution in [3.8, 4) is 5.75 Å². The monoisotopic (exact) mass is 611 g/mol. The van der Waals surface area contributed by atoms with E-state index >= 15 is 0 Å². The van der Waals surface area contributed by atoms with Gasteiger partial charge in [-0.1, -0.05) is 61.2 Å². The van der Waals surface area contributed by atoms with Crippen molar-refractivity contribution in [1.29, 1.82) is 0 Å². The van der Waals surface area contributed by atoms with Crippen LogP contribution in [0, 0.1) is 0 Å². The summed E-state index contributed by atoms with van der Waals surface area (Å²) in [6.45, 7) is 4.35. The van der Waals surface area contributed by atoms with Gasteiger partial charge in [-0.2, -0.15) is 0 Å². The third kappa shape index (κ3) is 8.75. The van der Waals surface area contributed by atoms with Crippen molar-refractivity contribution >= 4 is 50.7 Å². The second kappa shape index (κ2) is 14.9. The number of hydrogen-bond donors (Lipinski definition) is 1. The molecule has 8 nitrogen and oxygen atoms in total. The Morgan fingerprint density at radius 2 is 1.77 bits per heavy atom. The molecule has 40 heavy (non-hydrogen) atoms. The number of hydrogen-bond acceptors (Lipinski definition) is 5. The first-order valence-electron chi connectivity index (χ1n) is 13.8.